The van der Waals surface area contributed by atoms with Gasteiger partial charge in [0.2, 0.25) is 5.71 Å². The van der Waals surface area contributed by atoms with Crippen molar-refractivity contribution < 1.29 is 14.3 Å². The standard InChI is InChI=1S/C19H20IN5O3/c20-16-14(13-4-2-1-3-5-13)15-17(22-12-23-18(15)28-16)21-6-7-24-8-10-25(11-9-24)19(26)27/h1-5,12H,6-11H2,(H,26,27)(H,21,22,23). The van der Waals surface area contributed by atoms with Crippen molar-refractivity contribution in [3.8, 4) is 11.1 Å². The van der Waals surface area contributed by atoms with Crippen molar-refractivity contribution in [2.24, 2.45) is 0 Å². The van der Waals surface area contributed by atoms with Crippen LogP contribution in [0.5, 0.6) is 0 Å². The van der Waals surface area contributed by atoms with E-state index in [2.05, 4.69) is 42.8 Å². The molecule has 9 heteroatoms. The summed E-state index contributed by atoms with van der Waals surface area (Å²) in [6, 6.07) is 10.1. The van der Waals surface area contributed by atoms with Crippen molar-refractivity contribution >= 4 is 45.6 Å². The summed E-state index contributed by atoms with van der Waals surface area (Å²) in [6.07, 6.45) is 0.661. The van der Waals surface area contributed by atoms with E-state index < -0.39 is 6.09 Å². The lowest BCUT2D eigenvalue weighted by molar-refractivity contribution is 0.107. The Balaban J connectivity index is 1.48. The number of nitrogens with one attached hydrogen (secondary N) is 1. The van der Waals surface area contributed by atoms with E-state index in [-0.39, 0.29) is 0 Å². The van der Waals surface area contributed by atoms with E-state index in [1.54, 1.807) is 0 Å². The van der Waals surface area contributed by atoms with E-state index in [0.717, 1.165) is 45.7 Å². The molecule has 3 heterocycles. The first-order valence-corrected chi connectivity index (χ1v) is 10.1. The minimum atomic E-state index is -0.843. The number of aromatic nitrogens is 2. The van der Waals surface area contributed by atoms with Gasteiger partial charge >= 0.3 is 6.09 Å². The number of hydrogen-bond acceptors (Lipinski definition) is 6. The average Bonchev–Trinajstić information content (AvgIpc) is 3.05. The highest BCUT2D eigenvalue weighted by atomic mass is 127. The molecular weight excluding hydrogens is 473 g/mol. The molecule has 0 aliphatic carbocycles. The maximum absolute atomic E-state index is 11.0. The minimum Gasteiger partial charge on any atom is -0.465 e. The summed E-state index contributed by atoms with van der Waals surface area (Å²) in [5.41, 5.74) is 2.62. The predicted octanol–water partition coefficient (Wildman–Crippen LogP) is 3.20. The third-order valence-electron chi connectivity index (χ3n) is 4.87. The van der Waals surface area contributed by atoms with Gasteiger partial charge < -0.3 is 19.7 Å². The van der Waals surface area contributed by atoms with Gasteiger partial charge in [0.25, 0.3) is 0 Å². The summed E-state index contributed by atoms with van der Waals surface area (Å²) in [5, 5.41) is 13.3. The molecule has 1 aliphatic heterocycles. The van der Waals surface area contributed by atoms with Crippen LogP contribution in [0.25, 0.3) is 22.2 Å². The summed E-state index contributed by atoms with van der Waals surface area (Å²) in [7, 11) is 0. The number of nitrogens with zero attached hydrogens (tertiary/aromatic N) is 4. The zero-order chi connectivity index (χ0) is 19.5. The summed E-state index contributed by atoms with van der Waals surface area (Å²) in [4.78, 5) is 23.4. The quantitative estimate of drug-likeness (QED) is 0.528. The highest BCUT2D eigenvalue weighted by Crippen LogP contribution is 2.37. The fraction of sp³-hybridized carbons (Fsp3) is 0.316. The van der Waals surface area contributed by atoms with Gasteiger partial charge in [-0.1, -0.05) is 30.3 Å². The number of piperazine rings is 1. The van der Waals surface area contributed by atoms with Gasteiger partial charge in [-0.05, 0) is 5.56 Å². The monoisotopic (exact) mass is 493 g/mol. The van der Waals surface area contributed by atoms with Crippen molar-refractivity contribution in [2.75, 3.05) is 44.6 Å². The van der Waals surface area contributed by atoms with Crippen LogP contribution in [0.1, 0.15) is 0 Å². The van der Waals surface area contributed by atoms with Crippen LogP contribution in [-0.4, -0.2) is 70.2 Å². The SMILES string of the molecule is O=C(O)N1CCN(CCNc2ncnc3oc(I)c(-c4ccccc4)c23)CC1. The molecule has 0 unspecified atom stereocenters. The van der Waals surface area contributed by atoms with Gasteiger partial charge in [-0.25, -0.2) is 14.8 Å². The molecule has 0 bridgehead atoms. The van der Waals surface area contributed by atoms with Gasteiger partial charge in [-0.3, -0.25) is 4.90 Å². The molecular formula is C19H20IN5O3. The number of carboxylic acid groups (broad SMARTS) is 1. The van der Waals surface area contributed by atoms with Crippen LogP contribution in [0.3, 0.4) is 0 Å². The lowest BCUT2D eigenvalue weighted by atomic mass is 10.1. The Morgan fingerprint density at radius 1 is 1.18 bits per heavy atom. The molecule has 2 aromatic heterocycles. The zero-order valence-corrected chi connectivity index (χ0v) is 17.3. The van der Waals surface area contributed by atoms with Crippen LogP contribution in [0.15, 0.2) is 41.1 Å². The Bertz CT molecular complexity index is 970. The molecule has 3 aromatic rings. The van der Waals surface area contributed by atoms with E-state index in [0.29, 0.717) is 25.3 Å². The largest absolute Gasteiger partial charge is 0.465 e. The number of halogens is 1. The Hall–Kier alpha value is -2.40. The Morgan fingerprint density at radius 3 is 2.64 bits per heavy atom. The third-order valence-corrected chi connectivity index (χ3v) is 5.63. The maximum atomic E-state index is 11.0. The van der Waals surface area contributed by atoms with Gasteiger partial charge in [-0.15, -0.1) is 0 Å². The van der Waals surface area contributed by atoms with Crippen LogP contribution in [0.4, 0.5) is 10.6 Å². The molecule has 2 N–H and O–H groups in total. The molecule has 28 heavy (non-hydrogen) atoms. The topological polar surface area (TPSA) is 94.7 Å². The van der Waals surface area contributed by atoms with Gasteiger partial charge in [0.15, 0.2) is 3.77 Å². The van der Waals surface area contributed by atoms with Crippen molar-refractivity contribution in [3.05, 3.63) is 40.4 Å². The van der Waals surface area contributed by atoms with E-state index in [1.165, 1.54) is 11.2 Å². The molecule has 1 saturated heterocycles. The highest BCUT2D eigenvalue weighted by Gasteiger charge is 2.21. The average molecular weight is 493 g/mol. The van der Waals surface area contributed by atoms with Crippen LogP contribution < -0.4 is 5.32 Å². The molecule has 1 aromatic carbocycles. The normalized spacial score (nSPS) is 15.1. The van der Waals surface area contributed by atoms with E-state index in [1.807, 2.05) is 30.3 Å². The molecule has 1 amide bonds. The fourth-order valence-corrected chi connectivity index (χ4v) is 4.19. The zero-order valence-electron chi connectivity index (χ0n) is 15.1. The van der Waals surface area contributed by atoms with Gasteiger partial charge in [-0.2, -0.15) is 0 Å². The maximum Gasteiger partial charge on any atom is 0.407 e. The second-order valence-electron chi connectivity index (χ2n) is 6.56. The highest BCUT2D eigenvalue weighted by molar-refractivity contribution is 14.1. The molecule has 0 atom stereocenters. The Morgan fingerprint density at radius 2 is 1.93 bits per heavy atom. The van der Waals surface area contributed by atoms with E-state index in [9.17, 15) is 4.79 Å². The molecule has 146 valence electrons. The number of fused-ring (bicyclic) bond motifs is 1. The van der Waals surface area contributed by atoms with Crippen molar-refractivity contribution in [1.29, 1.82) is 0 Å². The van der Waals surface area contributed by atoms with E-state index >= 15 is 0 Å². The molecule has 0 spiro atoms. The molecule has 0 radical (unpaired) electrons. The summed E-state index contributed by atoms with van der Waals surface area (Å²) >= 11 is 2.19. The fourth-order valence-electron chi connectivity index (χ4n) is 3.40. The number of benzene rings is 1. The van der Waals surface area contributed by atoms with Crippen molar-refractivity contribution in [3.63, 3.8) is 0 Å². The van der Waals surface area contributed by atoms with Crippen LogP contribution in [0.2, 0.25) is 0 Å². The second-order valence-corrected chi connectivity index (χ2v) is 7.54. The van der Waals surface area contributed by atoms with Crippen LogP contribution in [0, 0.1) is 3.77 Å². The summed E-state index contributed by atoms with van der Waals surface area (Å²) in [5.74, 6) is 0.750. The third kappa shape index (κ3) is 3.90. The molecule has 8 nitrogen and oxygen atoms in total. The first kappa shape index (κ1) is 18.9. The summed E-state index contributed by atoms with van der Waals surface area (Å²) < 4.78 is 6.63. The lowest BCUT2D eigenvalue weighted by Crippen LogP contribution is -2.49. The molecule has 4 rings (SSSR count). The molecule has 1 aliphatic rings. The second kappa shape index (κ2) is 8.31. The predicted molar refractivity (Wildman–Crippen MR) is 114 cm³/mol. The van der Waals surface area contributed by atoms with Crippen molar-refractivity contribution in [2.45, 2.75) is 0 Å². The van der Waals surface area contributed by atoms with Gasteiger partial charge in [0.05, 0.1) is 5.39 Å². The Kier molecular flexibility index (Phi) is 5.62. The number of anilines is 1. The number of rotatable bonds is 5. The number of hydrogen-bond donors (Lipinski definition) is 2. The first-order chi connectivity index (χ1) is 13.6. The van der Waals surface area contributed by atoms with E-state index in [4.69, 9.17) is 9.52 Å². The van der Waals surface area contributed by atoms with Gasteiger partial charge in [0, 0.05) is 67.4 Å². The molecule has 1 fully saturated rings. The number of furan rings is 1. The lowest BCUT2D eigenvalue weighted by Gasteiger charge is -2.33. The first-order valence-electron chi connectivity index (χ1n) is 9.06. The molecule has 0 saturated carbocycles. The number of amides is 1. The Labute approximate surface area is 175 Å². The summed E-state index contributed by atoms with van der Waals surface area (Å²) in [6.45, 7) is 4.10. The smallest absolute Gasteiger partial charge is 0.407 e. The van der Waals surface area contributed by atoms with Crippen molar-refractivity contribution in [1.82, 2.24) is 19.8 Å². The minimum absolute atomic E-state index is 0.547. The van der Waals surface area contributed by atoms with Gasteiger partial charge in [0.1, 0.15) is 12.1 Å². The number of carbonyl (C=O) groups is 1. The van der Waals surface area contributed by atoms with Crippen LogP contribution in [-0.2, 0) is 0 Å². The van der Waals surface area contributed by atoms with Crippen LogP contribution >= 0.6 is 22.6 Å².